The van der Waals surface area contributed by atoms with Crippen molar-refractivity contribution in [1.82, 2.24) is 10.3 Å². The summed E-state index contributed by atoms with van der Waals surface area (Å²) in [6.45, 7) is 1.74. The van der Waals surface area contributed by atoms with Gasteiger partial charge in [-0.25, -0.2) is 4.98 Å². The Balaban J connectivity index is 1.69. The molecule has 4 rings (SSSR count). The zero-order valence-electron chi connectivity index (χ0n) is 19.9. The molecular weight excluding hydrogens is 510 g/mol. The van der Waals surface area contributed by atoms with Crippen molar-refractivity contribution in [2.45, 2.75) is 12.8 Å². The third-order valence-electron chi connectivity index (χ3n) is 5.49. The minimum absolute atomic E-state index is 0.0253. The van der Waals surface area contributed by atoms with Crippen LogP contribution in [0.4, 0.5) is 10.8 Å². The Morgan fingerprint density at radius 3 is 2.70 bits per heavy atom. The van der Waals surface area contributed by atoms with Crippen molar-refractivity contribution in [3.05, 3.63) is 87.5 Å². The van der Waals surface area contributed by atoms with Crippen molar-refractivity contribution in [3.63, 3.8) is 0 Å². The molecule has 11 heteroatoms. The number of aromatic nitrogens is 1. The lowest BCUT2D eigenvalue weighted by atomic mass is 9.82. The number of carbonyl (C=O) groups is 2. The number of thiazole rings is 1. The van der Waals surface area contributed by atoms with Gasteiger partial charge >= 0.3 is 0 Å². The Hall–Kier alpha value is -4.27. The highest BCUT2D eigenvalue weighted by Crippen LogP contribution is 2.43. The second-order valence-corrected chi connectivity index (χ2v) is 9.76. The van der Waals surface area contributed by atoms with Crippen LogP contribution in [0.2, 0.25) is 0 Å². The molecule has 0 saturated heterocycles. The number of nitriles is 1. The van der Waals surface area contributed by atoms with Gasteiger partial charge in [-0.05, 0) is 36.8 Å². The van der Waals surface area contributed by atoms with E-state index in [1.807, 2.05) is 18.2 Å². The number of anilines is 2. The summed E-state index contributed by atoms with van der Waals surface area (Å²) >= 11 is 2.47. The normalized spacial score (nSPS) is 15.0. The van der Waals surface area contributed by atoms with Crippen LogP contribution in [0.3, 0.4) is 0 Å². The minimum Gasteiger partial charge on any atom is -0.504 e. The van der Waals surface area contributed by atoms with Crippen molar-refractivity contribution in [2.75, 3.05) is 23.5 Å². The molecule has 4 N–H and O–H groups in total. The fraction of sp³-hybridized carbons (Fsp3) is 0.154. The number of phenolic OH excluding ortho intramolecular Hbond substituents is 1. The van der Waals surface area contributed by atoms with Gasteiger partial charge in [-0.3, -0.25) is 9.59 Å². The summed E-state index contributed by atoms with van der Waals surface area (Å²) < 4.78 is 5.28. The molecule has 9 nitrogen and oxygen atoms in total. The van der Waals surface area contributed by atoms with Crippen LogP contribution in [-0.4, -0.2) is 34.8 Å². The number of phenols is 1. The van der Waals surface area contributed by atoms with Gasteiger partial charge in [0.1, 0.15) is 0 Å². The second kappa shape index (κ2) is 11.6. The topological polar surface area (TPSA) is 136 Å². The summed E-state index contributed by atoms with van der Waals surface area (Å²) in [6, 6.07) is 15.9. The number of nitrogens with one attached hydrogen (secondary N) is 3. The summed E-state index contributed by atoms with van der Waals surface area (Å²) in [4.78, 5) is 30.0. The first kappa shape index (κ1) is 25.8. The van der Waals surface area contributed by atoms with Crippen molar-refractivity contribution < 1.29 is 19.4 Å². The number of nitrogens with zero attached hydrogens (tertiary/aromatic N) is 2. The summed E-state index contributed by atoms with van der Waals surface area (Å²) in [6.07, 6.45) is 1.60. The lowest BCUT2D eigenvalue weighted by Gasteiger charge is -2.30. The molecule has 0 bridgehead atoms. The van der Waals surface area contributed by atoms with E-state index in [1.165, 1.54) is 24.5 Å². The quantitative estimate of drug-likeness (QED) is 0.331. The van der Waals surface area contributed by atoms with E-state index in [2.05, 4.69) is 27.0 Å². The molecule has 37 heavy (non-hydrogen) atoms. The van der Waals surface area contributed by atoms with E-state index in [-0.39, 0.29) is 34.6 Å². The molecule has 1 aromatic heterocycles. The van der Waals surface area contributed by atoms with Gasteiger partial charge in [-0.1, -0.05) is 36.0 Å². The lowest BCUT2D eigenvalue weighted by Crippen LogP contribution is -2.31. The van der Waals surface area contributed by atoms with E-state index in [0.717, 1.165) is 11.8 Å². The highest BCUT2D eigenvalue weighted by molar-refractivity contribution is 8.03. The molecule has 0 unspecified atom stereocenters. The molecule has 188 valence electrons. The van der Waals surface area contributed by atoms with Crippen LogP contribution in [0, 0.1) is 11.3 Å². The number of benzene rings is 2. The van der Waals surface area contributed by atoms with Crippen LogP contribution in [0.15, 0.2) is 82.0 Å². The van der Waals surface area contributed by atoms with Crippen LogP contribution >= 0.6 is 23.1 Å². The van der Waals surface area contributed by atoms with Crippen molar-refractivity contribution in [2.24, 2.45) is 0 Å². The number of carbonyl (C=O) groups excluding carboxylic acids is 2. The first-order chi connectivity index (χ1) is 17.9. The number of rotatable bonds is 8. The maximum atomic E-state index is 13.5. The third-order valence-corrected chi connectivity index (χ3v) is 7.19. The molecule has 3 aromatic rings. The summed E-state index contributed by atoms with van der Waals surface area (Å²) in [5.74, 6) is -1.25. The maximum Gasteiger partial charge on any atom is 0.254 e. The molecule has 0 fully saturated rings. The predicted molar refractivity (Wildman–Crippen MR) is 144 cm³/mol. The number of hydrogen-bond acceptors (Lipinski definition) is 9. The van der Waals surface area contributed by atoms with E-state index in [0.29, 0.717) is 32.7 Å². The molecule has 1 atom stereocenters. The molecule has 0 aliphatic carbocycles. The third kappa shape index (κ3) is 5.94. The summed E-state index contributed by atoms with van der Waals surface area (Å²) in [7, 11) is 1.43. The van der Waals surface area contributed by atoms with Crippen LogP contribution < -0.4 is 20.7 Å². The van der Waals surface area contributed by atoms with Gasteiger partial charge in [0.05, 0.1) is 35.5 Å². The fourth-order valence-electron chi connectivity index (χ4n) is 3.83. The van der Waals surface area contributed by atoms with Gasteiger partial charge in [0.25, 0.3) is 5.91 Å². The second-order valence-electron chi connectivity index (χ2n) is 7.88. The van der Waals surface area contributed by atoms with Gasteiger partial charge in [-0.2, -0.15) is 5.26 Å². The number of thioether (sulfide) groups is 1. The standard InChI is InChI=1S/C26H23N5O4S2/c1-15-22(24(34)30-17-6-4-3-5-7-17)23(16-8-9-19(32)20(12-16)35-2)18(13-27)25(29-15)37-14-21(33)31-26-28-10-11-36-26/h3-12,23,29,32H,14H2,1-2H3,(H,30,34)(H,28,31,33)/t23-/m1/s1. The smallest absolute Gasteiger partial charge is 0.254 e. The van der Waals surface area contributed by atoms with E-state index in [9.17, 15) is 20.0 Å². The first-order valence-corrected chi connectivity index (χ1v) is 12.9. The predicted octanol–water partition coefficient (Wildman–Crippen LogP) is 4.56. The van der Waals surface area contributed by atoms with Gasteiger partial charge in [-0.15, -0.1) is 11.3 Å². The lowest BCUT2D eigenvalue weighted by molar-refractivity contribution is -0.114. The first-order valence-electron chi connectivity index (χ1n) is 11.1. The Morgan fingerprint density at radius 2 is 2.03 bits per heavy atom. The van der Waals surface area contributed by atoms with Gasteiger partial charge < -0.3 is 25.8 Å². The highest BCUT2D eigenvalue weighted by atomic mass is 32.2. The number of dihydropyridines is 1. The highest BCUT2D eigenvalue weighted by Gasteiger charge is 2.35. The van der Waals surface area contributed by atoms with Crippen molar-refractivity contribution in [3.8, 4) is 17.6 Å². The average Bonchev–Trinajstić information content (AvgIpc) is 3.40. The number of methoxy groups -OCH3 is 1. The molecule has 0 spiro atoms. The number of hydrogen-bond donors (Lipinski definition) is 4. The molecule has 2 amide bonds. The Labute approximate surface area is 221 Å². The molecular formula is C26H23N5O4S2. The largest absolute Gasteiger partial charge is 0.504 e. The van der Waals surface area contributed by atoms with Crippen molar-refractivity contribution >= 4 is 45.7 Å². The minimum atomic E-state index is -0.769. The molecule has 2 heterocycles. The van der Waals surface area contributed by atoms with Gasteiger partial charge in [0, 0.05) is 28.5 Å². The van der Waals surface area contributed by atoms with Crippen LogP contribution in [0.25, 0.3) is 0 Å². The number of amides is 2. The average molecular weight is 534 g/mol. The number of allylic oxidation sites excluding steroid dienone is 2. The molecule has 2 aromatic carbocycles. The van der Waals surface area contributed by atoms with E-state index in [4.69, 9.17) is 4.74 Å². The van der Waals surface area contributed by atoms with Crippen LogP contribution in [0.1, 0.15) is 18.4 Å². The summed E-state index contributed by atoms with van der Waals surface area (Å²) in [5.41, 5.74) is 2.33. The van der Waals surface area contributed by atoms with Gasteiger partial charge in [0.15, 0.2) is 16.6 Å². The number of aromatic hydroxyl groups is 1. The molecule has 1 aliphatic rings. The molecule has 1 aliphatic heterocycles. The Morgan fingerprint density at radius 1 is 1.24 bits per heavy atom. The van der Waals surface area contributed by atoms with Crippen molar-refractivity contribution in [1.29, 1.82) is 5.26 Å². The maximum absolute atomic E-state index is 13.5. The van der Waals surface area contributed by atoms with Gasteiger partial charge in [0.2, 0.25) is 5.91 Å². The number of ether oxygens (including phenoxy) is 1. The van der Waals surface area contributed by atoms with E-state index in [1.54, 1.807) is 42.8 Å². The monoisotopic (exact) mass is 533 g/mol. The fourth-order valence-corrected chi connectivity index (χ4v) is 5.27. The SMILES string of the molecule is COc1cc([C@@H]2C(C#N)=C(SCC(=O)Nc3nccs3)NC(C)=C2C(=O)Nc2ccccc2)ccc1O. The van der Waals surface area contributed by atoms with Crippen LogP contribution in [-0.2, 0) is 9.59 Å². The number of para-hydroxylation sites is 1. The zero-order valence-corrected chi connectivity index (χ0v) is 21.6. The zero-order chi connectivity index (χ0) is 26.4. The summed E-state index contributed by atoms with van der Waals surface area (Å²) in [5, 5.41) is 31.8. The Bertz CT molecular complexity index is 1410. The van der Waals surface area contributed by atoms with Crippen LogP contribution in [0.5, 0.6) is 11.5 Å². The van der Waals surface area contributed by atoms with E-state index < -0.39 is 5.92 Å². The molecule has 0 radical (unpaired) electrons. The Kier molecular flexibility index (Phi) is 8.12. The van der Waals surface area contributed by atoms with E-state index >= 15 is 0 Å². The molecule has 0 saturated carbocycles.